The van der Waals surface area contributed by atoms with Crippen molar-refractivity contribution in [3.05, 3.63) is 28.9 Å². The molecule has 1 aromatic carbocycles. The maximum Gasteiger partial charge on any atom is 0.239 e. The summed E-state index contributed by atoms with van der Waals surface area (Å²) in [5.74, 6) is 0.798. The Morgan fingerprint density at radius 2 is 2.28 bits per heavy atom. The number of carbonyl (C=O) groups is 1. The van der Waals surface area contributed by atoms with Crippen LogP contribution in [-0.4, -0.2) is 35.7 Å². The lowest BCUT2D eigenvalue weighted by Crippen LogP contribution is -2.48. The fraction of sp³-hybridized carbons (Fsp3) is 0.250. The minimum atomic E-state index is 0.0252. The van der Waals surface area contributed by atoms with Crippen LogP contribution >= 0.6 is 15.9 Å². The third-order valence-electron chi connectivity index (χ3n) is 2.94. The number of aromatic nitrogens is 2. The Morgan fingerprint density at radius 3 is 3.11 bits per heavy atom. The third kappa shape index (κ3) is 2.03. The van der Waals surface area contributed by atoms with E-state index in [1.54, 1.807) is 6.20 Å². The van der Waals surface area contributed by atoms with E-state index in [1.165, 1.54) is 0 Å². The molecule has 18 heavy (non-hydrogen) atoms. The molecular weight excluding hydrogens is 296 g/mol. The van der Waals surface area contributed by atoms with Gasteiger partial charge in [-0.05, 0) is 18.2 Å². The van der Waals surface area contributed by atoms with E-state index in [2.05, 4.69) is 31.4 Å². The van der Waals surface area contributed by atoms with Crippen LogP contribution in [0.25, 0.3) is 10.8 Å². The fourth-order valence-electron chi connectivity index (χ4n) is 2.10. The number of nitrogens with one attached hydrogen (secondary N) is 1. The zero-order valence-corrected chi connectivity index (χ0v) is 11.1. The SMILES string of the molecule is O=C1CN(c2nncc3cc(Br)ccc23)CCN1. The number of hydrogen-bond donors (Lipinski definition) is 1. The number of fused-ring (bicyclic) bond motifs is 1. The van der Waals surface area contributed by atoms with Gasteiger partial charge >= 0.3 is 0 Å². The van der Waals surface area contributed by atoms with Crippen molar-refractivity contribution in [1.29, 1.82) is 0 Å². The van der Waals surface area contributed by atoms with Gasteiger partial charge < -0.3 is 10.2 Å². The lowest BCUT2D eigenvalue weighted by Gasteiger charge is -2.27. The molecule has 92 valence electrons. The van der Waals surface area contributed by atoms with Gasteiger partial charge in [-0.25, -0.2) is 0 Å². The first-order valence-electron chi connectivity index (χ1n) is 5.66. The van der Waals surface area contributed by atoms with Gasteiger partial charge in [0.25, 0.3) is 0 Å². The molecule has 2 aromatic rings. The monoisotopic (exact) mass is 306 g/mol. The van der Waals surface area contributed by atoms with Crippen molar-refractivity contribution < 1.29 is 4.79 Å². The number of halogens is 1. The summed E-state index contributed by atoms with van der Waals surface area (Å²) in [6.07, 6.45) is 1.73. The predicted molar refractivity (Wildman–Crippen MR) is 72.5 cm³/mol. The molecule has 1 amide bonds. The zero-order valence-electron chi connectivity index (χ0n) is 9.56. The summed E-state index contributed by atoms with van der Waals surface area (Å²) in [5.41, 5.74) is 0. The quantitative estimate of drug-likeness (QED) is 0.863. The number of carbonyl (C=O) groups excluding carboxylic acids is 1. The predicted octanol–water partition coefficient (Wildman–Crippen LogP) is 1.33. The first-order valence-corrected chi connectivity index (χ1v) is 6.46. The average Bonchev–Trinajstić information content (AvgIpc) is 2.37. The molecule has 1 aromatic heterocycles. The molecular formula is C12H11BrN4O. The summed E-state index contributed by atoms with van der Waals surface area (Å²) < 4.78 is 1.00. The molecule has 0 radical (unpaired) electrons. The van der Waals surface area contributed by atoms with Crippen LogP contribution in [0.4, 0.5) is 5.82 Å². The van der Waals surface area contributed by atoms with Crippen LogP contribution < -0.4 is 10.2 Å². The lowest BCUT2D eigenvalue weighted by atomic mass is 10.2. The highest BCUT2D eigenvalue weighted by molar-refractivity contribution is 9.10. The molecule has 0 atom stereocenters. The summed E-state index contributed by atoms with van der Waals surface area (Å²) in [5, 5.41) is 13.0. The van der Waals surface area contributed by atoms with Crippen molar-refractivity contribution in [1.82, 2.24) is 15.5 Å². The van der Waals surface area contributed by atoms with Crippen LogP contribution in [0.3, 0.4) is 0 Å². The van der Waals surface area contributed by atoms with Gasteiger partial charge in [0.15, 0.2) is 5.82 Å². The van der Waals surface area contributed by atoms with E-state index >= 15 is 0 Å². The second-order valence-electron chi connectivity index (χ2n) is 4.17. The van der Waals surface area contributed by atoms with Crippen LogP contribution in [0.1, 0.15) is 0 Å². The Morgan fingerprint density at radius 1 is 1.39 bits per heavy atom. The van der Waals surface area contributed by atoms with Gasteiger partial charge in [0, 0.05) is 28.3 Å². The number of piperazine rings is 1. The zero-order chi connectivity index (χ0) is 12.5. The number of nitrogens with zero attached hydrogens (tertiary/aromatic N) is 3. The normalized spacial score (nSPS) is 15.8. The Hall–Kier alpha value is -1.69. The molecule has 1 fully saturated rings. The van der Waals surface area contributed by atoms with Gasteiger partial charge in [0.2, 0.25) is 5.91 Å². The van der Waals surface area contributed by atoms with Gasteiger partial charge in [-0.2, -0.15) is 5.10 Å². The summed E-state index contributed by atoms with van der Waals surface area (Å²) in [6.45, 7) is 1.74. The molecule has 1 aliphatic rings. The number of anilines is 1. The van der Waals surface area contributed by atoms with E-state index in [1.807, 2.05) is 23.1 Å². The molecule has 0 aliphatic carbocycles. The molecule has 6 heteroatoms. The minimum Gasteiger partial charge on any atom is -0.353 e. The van der Waals surface area contributed by atoms with Gasteiger partial charge in [0.05, 0.1) is 12.7 Å². The van der Waals surface area contributed by atoms with E-state index in [-0.39, 0.29) is 5.91 Å². The molecule has 0 spiro atoms. The van der Waals surface area contributed by atoms with Gasteiger partial charge in [-0.15, -0.1) is 5.10 Å². The molecule has 3 rings (SSSR count). The highest BCUT2D eigenvalue weighted by Crippen LogP contribution is 2.26. The van der Waals surface area contributed by atoms with Crippen LogP contribution in [0.15, 0.2) is 28.9 Å². The Kier molecular flexibility index (Phi) is 2.87. The molecule has 1 saturated heterocycles. The number of amides is 1. The second kappa shape index (κ2) is 4.53. The van der Waals surface area contributed by atoms with Gasteiger partial charge in [0.1, 0.15) is 0 Å². The highest BCUT2D eigenvalue weighted by Gasteiger charge is 2.19. The Labute approximate surface area is 112 Å². The van der Waals surface area contributed by atoms with Crippen molar-refractivity contribution in [3.8, 4) is 0 Å². The van der Waals surface area contributed by atoms with Crippen molar-refractivity contribution in [3.63, 3.8) is 0 Å². The van der Waals surface area contributed by atoms with Crippen molar-refractivity contribution >= 4 is 38.4 Å². The van der Waals surface area contributed by atoms with E-state index in [0.717, 1.165) is 27.6 Å². The standard InChI is InChI=1S/C12H11BrN4O/c13-9-1-2-10-8(5-9)6-15-16-12(10)17-4-3-14-11(18)7-17/h1-2,5-6H,3-4,7H2,(H,14,18). The van der Waals surface area contributed by atoms with Crippen LogP contribution in [0.2, 0.25) is 0 Å². The highest BCUT2D eigenvalue weighted by atomic mass is 79.9. The Balaban J connectivity index is 2.08. The van der Waals surface area contributed by atoms with Crippen molar-refractivity contribution in [2.75, 3.05) is 24.5 Å². The largest absolute Gasteiger partial charge is 0.353 e. The second-order valence-corrected chi connectivity index (χ2v) is 5.09. The maximum absolute atomic E-state index is 11.4. The molecule has 1 N–H and O–H groups in total. The average molecular weight is 307 g/mol. The molecule has 0 bridgehead atoms. The molecule has 0 unspecified atom stereocenters. The van der Waals surface area contributed by atoms with Gasteiger partial charge in [-0.3, -0.25) is 4.79 Å². The Bertz CT molecular complexity index is 616. The van der Waals surface area contributed by atoms with E-state index in [9.17, 15) is 4.79 Å². The summed E-state index contributed by atoms with van der Waals surface area (Å²) >= 11 is 3.44. The van der Waals surface area contributed by atoms with E-state index in [4.69, 9.17) is 0 Å². The molecule has 2 heterocycles. The van der Waals surface area contributed by atoms with Gasteiger partial charge in [-0.1, -0.05) is 15.9 Å². The van der Waals surface area contributed by atoms with E-state index in [0.29, 0.717) is 13.1 Å². The fourth-order valence-corrected chi connectivity index (χ4v) is 2.48. The van der Waals surface area contributed by atoms with Crippen LogP contribution in [0.5, 0.6) is 0 Å². The molecule has 5 nitrogen and oxygen atoms in total. The topological polar surface area (TPSA) is 58.1 Å². The maximum atomic E-state index is 11.4. The summed E-state index contributed by atoms with van der Waals surface area (Å²) in [6, 6.07) is 5.96. The van der Waals surface area contributed by atoms with Crippen LogP contribution in [-0.2, 0) is 4.79 Å². The summed E-state index contributed by atoms with van der Waals surface area (Å²) in [4.78, 5) is 13.4. The summed E-state index contributed by atoms with van der Waals surface area (Å²) in [7, 11) is 0. The molecule has 0 saturated carbocycles. The van der Waals surface area contributed by atoms with E-state index < -0.39 is 0 Å². The molecule has 1 aliphatic heterocycles. The lowest BCUT2D eigenvalue weighted by molar-refractivity contribution is -0.120. The third-order valence-corrected chi connectivity index (χ3v) is 3.43. The number of benzene rings is 1. The minimum absolute atomic E-state index is 0.0252. The first-order chi connectivity index (χ1) is 8.74. The van der Waals surface area contributed by atoms with Crippen molar-refractivity contribution in [2.45, 2.75) is 0 Å². The first kappa shape index (κ1) is 11.4. The van der Waals surface area contributed by atoms with Crippen LogP contribution in [0, 0.1) is 0 Å². The van der Waals surface area contributed by atoms with Crippen molar-refractivity contribution in [2.24, 2.45) is 0 Å². The smallest absolute Gasteiger partial charge is 0.239 e. The number of hydrogen-bond acceptors (Lipinski definition) is 4. The number of rotatable bonds is 1.